The zero-order chi connectivity index (χ0) is 17.9. The third-order valence-corrected chi connectivity index (χ3v) is 5.92. The van der Waals surface area contributed by atoms with Gasteiger partial charge < -0.3 is 4.42 Å². The summed E-state index contributed by atoms with van der Waals surface area (Å²) >= 11 is 0. The normalized spacial score (nSPS) is 12.7. The van der Waals surface area contributed by atoms with E-state index in [9.17, 15) is 17.6 Å². The lowest BCUT2D eigenvalue weighted by molar-refractivity contribution is 0.0978. The van der Waals surface area contributed by atoms with Crippen molar-refractivity contribution in [2.24, 2.45) is 0 Å². The van der Waals surface area contributed by atoms with Crippen molar-refractivity contribution < 1.29 is 22.0 Å². The highest BCUT2D eigenvalue weighted by molar-refractivity contribution is 7.91. The maximum atomic E-state index is 13.0. The first-order chi connectivity index (χ1) is 12.0. The van der Waals surface area contributed by atoms with E-state index in [2.05, 4.69) is 0 Å². The Morgan fingerprint density at radius 2 is 1.64 bits per heavy atom. The lowest BCUT2D eigenvalue weighted by Gasteiger charge is -2.15. The summed E-state index contributed by atoms with van der Waals surface area (Å²) in [4.78, 5) is 12.6. The second-order valence-electron chi connectivity index (χ2n) is 5.50. The first kappa shape index (κ1) is 17.1. The minimum atomic E-state index is -3.82. The number of furan rings is 1. The SMILES string of the molecule is O=C(C[C@H](c1ccco1)S(=O)(=O)c1ccccc1)c1ccc(F)cc1. The Hall–Kier alpha value is -2.73. The van der Waals surface area contributed by atoms with Gasteiger partial charge in [0.25, 0.3) is 0 Å². The van der Waals surface area contributed by atoms with Crippen molar-refractivity contribution in [2.75, 3.05) is 0 Å². The van der Waals surface area contributed by atoms with Crippen molar-refractivity contribution in [3.63, 3.8) is 0 Å². The molecule has 4 nitrogen and oxygen atoms in total. The quantitative estimate of drug-likeness (QED) is 0.619. The fourth-order valence-corrected chi connectivity index (χ4v) is 4.21. The number of ketones is 1. The maximum absolute atomic E-state index is 13.0. The van der Waals surface area contributed by atoms with Gasteiger partial charge in [-0.25, -0.2) is 12.8 Å². The molecule has 0 saturated heterocycles. The molecule has 0 N–H and O–H groups in total. The highest BCUT2D eigenvalue weighted by atomic mass is 32.2. The third kappa shape index (κ3) is 3.69. The molecule has 0 aliphatic rings. The molecule has 3 aromatic rings. The van der Waals surface area contributed by atoms with Gasteiger partial charge in [-0.05, 0) is 48.5 Å². The predicted octanol–water partition coefficient (Wildman–Crippen LogP) is 4.21. The van der Waals surface area contributed by atoms with Crippen LogP contribution in [0.4, 0.5) is 4.39 Å². The van der Waals surface area contributed by atoms with Crippen LogP contribution in [-0.2, 0) is 9.84 Å². The minimum absolute atomic E-state index is 0.114. The third-order valence-electron chi connectivity index (χ3n) is 3.84. The van der Waals surface area contributed by atoms with Crippen molar-refractivity contribution in [3.05, 3.63) is 90.1 Å². The summed E-state index contributed by atoms with van der Waals surface area (Å²) in [5.41, 5.74) is 0.251. The summed E-state index contributed by atoms with van der Waals surface area (Å²) in [5, 5.41) is -1.15. The van der Waals surface area contributed by atoms with E-state index in [-0.39, 0.29) is 22.6 Å². The maximum Gasteiger partial charge on any atom is 0.188 e. The molecule has 0 saturated carbocycles. The monoisotopic (exact) mass is 358 g/mol. The Labute approximate surface area is 144 Å². The Morgan fingerprint density at radius 3 is 2.24 bits per heavy atom. The predicted molar refractivity (Wildman–Crippen MR) is 90.4 cm³/mol. The van der Waals surface area contributed by atoms with Crippen LogP contribution in [0.1, 0.15) is 27.8 Å². The number of benzene rings is 2. The number of rotatable bonds is 6. The van der Waals surface area contributed by atoms with E-state index in [4.69, 9.17) is 4.42 Å². The molecule has 0 fully saturated rings. The minimum Gasteiger partial charge on any atom is -0.468 e. The number of halogens is 1. The Balaban J connectivity index is 1.96. The highest BCUT2D eigenvalue weighted by Gasteiger charge is 2.33. The van der Waals surface area contributed by atoms with Gasteiger partial charge in [0.2, 0.25) is 0 Å². The first-order valence-electron chi connectivity index (χ1n) is 7.59. The lowest BCUT2D eigenvalue weighted by Crippen LogP contribution is -2.17. The van der Waals surface area contributed by atoms with Crippen LogP contribution in [-0.4, -0.2) is 14.2 Å². The average Bonchev–Trinajstić information content (AvgIpc) is 3.15. The molecule has 2 aromatic carbocycles. The van der Waals surface area contributed by atoms with E-state index in [0.29, 0.717) is 0 Å². The second-order valence-corrected chi connectivity index (χ2v) is 7.63. The fourth-order valence-electron chi connectivity index (χ4n) is 2.53. The van der Waals surface area contributed by atoms with Crippen LogP contribution in [0.25, 0.3) is 0 Å². The first-order valence-corrected chi connectivity index (χ1v) is 9.14. The van der Waals surface area contributed by atoms with Gasteiger partial charge in [-0.15, -0.1) is 0 Å². The van der Waals surface area contributed by atoms with Crippen molar-refractivity contribution in [3.8, 4) is 0 Å². The Morgan fingerprint density at radius 1 is 0.960 bits per heavy atom. The molecule has 0 radical (unpaired) electrons. The largest absolute Gasteiger partial charge is 0.468 e. The molecule has 1 atom stereocenters. The lowest BCUT2D eigenvalue weighted by atomic mass is 10.1. The van der Waals surface area contributed by atoms with Gasteiger partial charge in [-0.3, -0.25) is 4.79 Å². The van der Waals surface area contributed by atoms with Gasteiger partial charge >= 0.3 is 0 Å². The number of carbonyl (C=O) groups excluding carboxylic acids is 1. The van der Waals surface area contributed by atoms with Gasteiger partial charge in [0, 0.05) is 12.0 Å². The van der Waals surface area contributed by atoms with E-state index in [1.807, 2.05) is 0 Å². The van der Waals surface area contributed by atoms with Gasteiger partial charge in [0.15, 0.2) is 15.6 Å². The number of carbonyl (C=O) groups is 1. The molecule has 3 rings (SSSR count). The number of Topliss-reactive ketones (excluding diaryl/α,β-unsaturated/α-hetero) is 1. The van der Waals surface area contributed by atoms with Gasteiger partial charge in [0.1, 0.15) is 16.8 Å². The van der Waals surface area contributed by atoms with E-state index >= 15 is 0 Å². The fraction of sp³-hybridized carbons (Fsp3) is 0.105. The van der Waals surface area contributed by atoms with Crippen molar-refractivity contribution in [1.29, 1.82) is 0 Å². The van der Waals surface area contributed by atoms with E-state index in [1.165, 1.54) is 48.7 Å². The number of hydrogen-bond acceptors (Lipinski definition) is 4. The molecule has 0 spiro atoms. The van der Waals surface area contributed by atoms with Crippen LogP contribution >= 0.6 is 0 Å². The topological polar surface area (TPSA) is 64.3 Å². The van der Waals surface area contributed by atoms with E-state index in [0.717, 1.165) is 0 Å². The Bertz CT molecular complexity index is 946. The highest BCUT2D eigenvalue weighted by Crippen LogP contribution is 2.33. The summed E-state index contributed by atoms with van der Waals surface area (Å²) < 4.78 is 44.3. The van der Waals surface area contributed by atoms with Crippen molar-refractivity contribution >= 4 is 15.6 Å². The summed E-state index contributed by atoms with van der Waals surface area (Å²) in [6, 6.07) is 16.0. The van der Waals surface area contributed by atoms with Gasteiger partial charge in [0.05, 0.1) is 11.2 Å². The van der Waals surface area contributed by atoms with Crippen LogP contribution in [0.2, 0.25) is 0 Å². The molecule has 6 heteroatoms. The zero-order valence-electron chi connectivity index (χ0n) is 13.1. The standard InChI is InChI=1S/C19H15FO4S/c20-15-10-8-14(9-11-15)17(21)13-19(18-7-4-12-24-18)25(22,23)16-5-2-1-3-6-16/h1-12,19H,13H2/t19-/m1/s1. The van der Waals surface area contributed by atoms with Crippen LogP contribution in [0.15, 0.2) is 82.3 Å². The molecule has 25 heavy (non-hydrogen) atoms. The van der Waals surface area contributed by atoms with Crippen molar-refractivity contribution in [2.45, 2.75) is 16.6 Å². The second kappa shape index (κ2) is 7.03. The number of hydrogen-bond donors (Lipinski definition) is 0. The number of sulfone groups is 1. The molecule has 1 aromatic heterocycles. The molecule has 1 heterocycles. The van der Waals surface area contributed by atoms with Crippen LogP contribution in [0.3, 0.4) is 0 Å². The molecule has 0 aliphatic heterocycles. The molecular formula is C19H15FO4S. The van der Waals surface area contributed by atoms with Crippen LogP contribution in [0.5, 0.6) is 0 Å². The van der Waals surface area contributed by atoms with Crippen LogP contribution in [0, 0.1) is 5.82 Å². The summed E-state index contributed by atoms with van der Waals surface area (Å²) in [5.74, 6) is -0.670. The summed E-state index contributed by atoms with van der Waals surface area (Å²) in [7, 11) is -3.82. The summed E-state index contributed by atoms with van der Waals surface area (Å²) in [6.07, 6.45) is 1.07. The molecule has 0 unspecified atom stereocenters. The molecule has 0 bridgehead atoms. The smallest absolute Gasteiger partial charge is 0.188 e. The zero-order valence-corrected chi connectivity index (χ0v) is 13.9. The molecule has 0 amide bonds. The molecular weight excluding hydrogens is 343 g/mol. The molecule has 0 aliphatic carbocycles. The van der Waals surface area contributed by atoms with E-state index < -0.39 is 26.7 Å². The summed E-state index contributed by atoms with van der Waals surface area (Å²) in [6.45, 7) is 0. The Kier molecular flexibility index (Phi) is 4.81. The van der Waals surface area contributed by atoms with Crippen molar-refractivity contribution in [1.82, 2.24) is 0 Å². The molecule has 128 valence electrons. The average molecular weight is 358 g/mol. The van der Waals surface area contributed by atoms with Crippen LogP contribution < -0.4 is 0 Å². The van der Waals surface area contributed by atoms with E-state index in [1.54, 1.807) is 24.3 Å². The van der Waals surface area contributed by atoms with Gasteiger partial charge in [-0.1, -0.05) is 18.2 Å². The van der Waals surface area contributed by atoms with Gasteiger partial charge in [-0.2, -0.15) is 0 Å².